The molecule has 0 aliphatic heterocycles. The second kappa shape index (κ2) is 7.57. The van der Waals surface area contributed by atoms with Gasteiger partial charge < -0.3 is 10.4 Å². The highest BCUT2D eigenvalue weighted by molar-refractivity contribution is 5.99. The van der Waals surface area contributed by atoms with Crippen molar-refractivity contribution >= 4 is 5.91 Å². The van der Waals surface area contributed by atoms with Crippen molar-refractivity contribution in [2.45, 2.75) is 6.54 Å². The molecule has 24 heavy (non-hydrogen) atoms. The standard InChI is InChI=1S/C19H19N3O2/c23-12-11-20-19(24)17-14-22(13-15-7-3-1-4-8-15)21-18(17)16-9-5-2-6-10-16/h1-10,14,23H,11-13H2,(H,20,24). The van der Waals surface area contributed by atoms with Gasteiger partial charge in [0, 0.05) is 18.3 Å². The normalized spacial score (nSPS) is 10.5. The van der Waals surface area contributed by atoms with Gasteiger partial charge in [-0.25, -0.2) is 0 Å². The maximum absolute atomic E-state index is 12.4. The molecule has 0 bridgehead atoms. The summed E-state index contributed by atoms with van der Waals surface area (Å²) < 4.78 is 1.77. The zero-order valence-corrected chi connectivity index (χ0v) is 13.2. The summed E-state index contributed by atoms with van der Waals surface area (Å²) in [6, 6.07) is 19.6. The van der Waals surface area contributed by atoms with Crippen molar-refractivity contribution in [1.82, 2.24) is 15.1 Å². The van der Waals surface area contributed by atoms with E-state index in [1.807, 2.05) is 60.7 Å². The lowest BCUT2D eigenvalue weighted by Gasteiger charge is -2.03. The van der Waals surface area contributed by atoms with Crippen LogP contribution >= 0.6 is 0 Å². The molecule has 0 unspecified atom stereocenters. The van der Waals surface area contributed by atoms with E-state index < -0.39 is 0 Å². The fourth-order valence-corrected chi connectivity index (χ4v) is 2.51. The van der Waals surface area contributed by atoms with E-state index in [9.17, 15) is 4.79 Å². The number of carbonyl (C=O) groups excluding carboxylic acids is 1. The van der Waals surface area contributed by atoms with Crippen molar-refractivity contribution in [3.63, 3.8) is 0 Å². The summed E-state index contributed by atoms with van der Waals surface area (Å²) in [5, 5.41) is 16.2. The number of rotatable bonds is 6. The molecule has 122 valence electrons. The van der Waals surface area contributed by atoms with Gasteiger partial charge in [0.2, 0.25) is 0 Å². The van der Waals surface area contributed by atoms with E-state index in [1.165, 1.54) is 0 Å². The number of nitrogens with one attached hydrogen (secondary N) is 1. The van der Waals surface area contributed by atoms with Crippen LogP contribution in [0.5, 0.6) is 0 Å². The monoisotopic (exact) mass is 321 g/mol. The molecule has 0 radical (unpaired) electrons. The third-order valence-corrected chi connectivity index (χ3v) is 3.64. The van der Waals surface area contributed by atoms with Crippen LogP contribution < -0.4 is 5.32 Å². The zero-order chi connectivity index (χ0) is 16.8. The molecule has 2 N–H and O–H groups in total. The van der Waals surface area contributed by atoms with E-state index in [0.717, 1.165) is 11.1 Å². The van der Waals surface area contributed by atoms with Crippen LogP contribution in [0, 0.1) is 0 Å². The predicted octanol–water partition coefficient (Wildman–Crippen LogP) is 2.32. The summed E-state index contributed by atoms with van der Waals surface area (Å²) in [4.78, 5) is 12.4. The third kappa shape index (κ3) is 3.70. The highest BCUT2D eigenvalue weighted by Gasteiger charge is 2.17. The first-order chi connectivity index (χ1) is 11.8. The van der Waals surface area contributed by atoms with Crippen LogP contribution in [0.15, 0.2) is 66.9 Å². The van der Waals surface area contributed by atoms with Crippen molar-refractivity contribution in [3.8, 4) is 11.3 Å². The van der Waals surface area contributed by atoms with Gasteiger partial charge in [0.05, 0.1) is 18.7 Å². The fourth-order valence-electron chi connectivity index (χ4n) is 2.51. The molecule has 1 amide bonds. The molecule has 0 fully saturated rings. The molecule has 5 heteroatoms. The van der Waals surface area contributed by atoms with Crippen LogP contribution in [0.4, 0.5) is 0 Å². The van der Waals surface area contributed by atoms with Gasteiger partial charge in [0.1, 0.15) is 5.69 Å². The summed E-state index contributed by atoms with van der Waals surface area (Å²) >= 11 is 0. The Kier molecular flexibility index (Phi) is 5.03. The Bertz CT molecular complexity index is 798. The van der Waals surface area contributed by atoms with Crippen molar-refractivity contribution in [2.75, 3.05) is 13.2 Å². The molecule has 1 heterocycles. The molecule has 0 saturated carbocycles. The molecular weight excluding hydrogens is 302 g/mol. The third-order valence-electron chi connectivity index (χ3n) is 3.64. The number of amides is 1. The van der Waals surface area contributed by atoms with Gasteiger partial charge in [-0.2, -0.15) is 5.10 Å². The van der Waals surface area contributed by atoms with E-state index in [4.69, 9.17) is 5.11 Å². The number of aliphatic hydroxyl groups excluding tert-OH is 1. The first-order valence-electron chi connectivity index (χ1n) is 7.84. The number of hydrogen-bond acceptors (Lipinski definition) is 3. The van der Waals surface area contributed by atoms with E-state index in [1.54, 1.807) is 10.9 Å². The van der Waals surface area contributed by atoms with E-state index in [2.05, 4.69) is 10.4 Å². The molecule has 0 spiro atoms. The Hall–Kier alpha value is -2.92. The largest absolute Gasteiger partial charge is 0.395 e. The van der Waals surface area contributed by atoms with Gasteiger partial charge in [0.15, 0.2) is 0 Å². The molecule has 5 nitrogen and oxygen atoms in total. The number of nitrogens with zero attached hydrogens (tertiary/aromatic N) is 2. The maximum Gasteiger partial charge on any atom is 0.255 e. The number of carbonyl (C=O) groups is 1. The highest BCUT2D eigenvalue weighted by Crippen LogP contribution is 2.22. The van der Waals surface area contributed by atoms with Gasteiger partial charge in [0.25, 0.3) is 5.91 Å². The van der Waals surface area contributed by atoms with Gasteiger partial charge in [-0.05, 0) is 5.56 Å². The van der Waals surface area contributed by atoms with Crippen molar-refractivity contribution in [2.24, 2.45) is 0 Å². The van der Waals surface area contributed by atoms with Crippen LogP contribution in [0.1, 0.15) is 15.9 Å². The Balaban J connectivity index is 1.94. The van der Waals surface area contributed by atoms with E-state index in [0.29, 0.717) is 17.8 Å². The summed E-state index contributed by atoms with van der Waals surface area (Å²) in [6.45, 7) is 0.718. The average Bonchev–Trinajstić information content (AvgIpc) is 3.05. The summed E-state index contributed by atoms with van der Waals surface area (Å²) in [7, 11) is 0. The minimum atomic E-state index is -0.234. The lowest BCUT2D eigenvalue weighted by atomic mass is 10.1. The van der Waals surface area contributed by atoms with Crippen molar-refractivity contribution < 1.29 is 9.90 Å². The second-order valence-corrected chi connectivity index (χ2v) is 5.42. The Morgan fingerprint density at radius 2 is 1.71 bits per heavy atom. The molecule has 3 aromatic rings. The molecule has 0 atom stereocenters. The second-order valence-electron chi connectivity index (χ2n) is 5.42. The number of aliphatic hydroxyl groups is 1. The van der Waals surface area contributed by atoms with Crippen LogP contribution in [0.3, 0.4) is 0 Å². The number of benzene rings is 2. The van der Waals surface area contributed by atoms with Crippen molar-refractivity contribution in [3.05, 3.63) is 78.0 Å². The summed E-state index contributed by atoms with van der Waals surface area (Å²) in [6.07, 6.45) is 1.75. The zero-order valence-electron chi connectivity index (χ0n) is 13.2. The van der Waals surface area contributed by atoms with E-state index >= 15 is 0 Å². The van der Waals surface area contributed by atoms with Gasteiger partial charge in [-0.15, -0.1) is 0 Å². The van der Waals surface area contributed by atoms with Gasteiger partial charge in [-0.3, -0.25) is 9.48 Å². The molecule has 0 saturated heterocycles. The molecule has 1 aromatic heterocycles. The van der Waals surface area contributed by atoms with Crippen LogP contribution in [0.25, 0.3) is 11.3 Å². The molecule has 3 rings (SSSR count). The summed E-state index contributed by atoms with van der Waals surface area (Å²) in [5.41, 5.74) is 3.15. The SMILES string of the molecule is O=C(NCCO)c1cn(Cc2ccccc2)nc1-c1ccccc1. The highest BCUT2D eigenvalue weighted by atomic mass is 16.3. The summed E-state index contributed by atoms with van der Waals surface area (Å²) in [5.74, 6) is -0.234. The topological polar surface area (TPSA) is 67.2 Å². The molecule has 0 aliphatic carbocycles. The first kappa shape index (κ1) is 16.0. The maximum atomic E-state index is 12.4. The minimum Gasteiger partial charge on any atom is -0.395 e. The molecular formula is C19H19N3O2. The van der Waals surface area contributed by atoms with Gasteiger partial charge >= 0.3 is 0 Å². The molecule has 2 aromatic carbocycles. The predicted molar refractivity (Wildman–Crippen MR) is 92.6 cm³/mol. The van der Waals surface area contributed by atoms with Crippen LogP contribution in [0.2, 0.25) is 0 Å². The van der Waals surface area contributed by atoms with Crippen molar-refractivity contribution in [1.29, 1.82) is 0 Å². The fraction of sp³-hybridized carbons (Fsp3) is 0.158. The lowest BCUT2D eigenvalue weighted by Crippen LogP contribution is -2.26. The molecule has 0 aliphatic rings. The van der Waals surface area contributed by atoms with Crippen LogP contribution in [-0.4, -0.2) is 33.9 Å². The Morgan fingerprint density at radius 1 is 1.04 bits per heavy atom. The number of hydrogen-bond donors (Lipinski definition) is 2. The Labute approximate surface area is 140 Å². The quantitative estimate of drug-likeness (QED) is 0.732. The van der Waals surface area contributed by atoms with Crippen LogP contribution in [-0.2, 0) is 6.54 Å². The minimum absolute atomic E-state index is 0.0927. The number of aromatic nitrogens is 2. The lowest BCUT2D eigenvalue weighted by molar-refractivity contribution is 0.0945. The first-order valence-corrected chi connectivity index (χ1v) is 7.84. The smallest absolute Gasteiger partial charge is 0.255 e. The van der Waals surface area contributed by atoms with E-state index in [-0.39, 0.29) is 19.1 Å². The average molecular weight is 321 g/mol. The Morgan fingerprint density at radius 3 is 2.38 bits per heavy atom. The van der Waals surface area contributed by atoms with Gasteiger partial charge in [-0.1, -0.05) is 60.7 Å².